The van der Waals surface area contributed by atoms with Gasteiger partial charge in [-0.1, -0.05) is 18.2 Å². The molecule has 1 aromatic carbocycles. The van der Waals surface area contributed by atoms with E-state index in [-0.39, 0.29) is 6.04 Å². The summed E-state index contributed by atoms with van der Waals surface area (Å²) in [5, 5.41) is 18.8. The SMILES string of the molecule is N#CC1(C#N)Cc2ccccc2N2CCCC21. The number of nitrogens with zero attached hydrogens (tertiary/aromatic N) is 3. The van der Waals surface area contributed by atoms with Gasteiger partial charge in [0, 0.05) is 18.7 Å². The van der Waals surface area contributed by atoms with Crippen LogP contribution in [0.5, 0.6) is 0 Å². The molecule has 3 rings (SSSR count). The monoisotopic (exact) mass is 223 g/mol. The highest BCUT2D eigenvalue weighted by Crippen LogP contribution is 2.45. The molecule has 0 N–H and O–H groups in total. The first kappa shape index (κ1) is 10.2. The van der Waals surface area contributed by atoms with Crippen molar-refractivity contribution >= 4 is 5.69 Å². The third-order valence-electron chi connectivity index (χ3n) is 3.99. The molecule has 84 valence electrons. The molecule has 1 saturated heterocycles. The molecule has 1 aromatic rings. The van der Waals surface area contributed by atoms with Crippen LogP contribution in [0.4, 0.5) is 5.69 Å². The second-order valence-corrected chi connectivity index (χ2v) is 4.85. The first-order valence-corrected chi connectivity index (χ1v) is 5.98. The molecule has 0 aliphatic carbocycles. The van der Waals surface area contributed by atoms with Crippen molar-refractivity contribution in [2.75, 3.05) is 11.4 Å². The molecule has 0 radical (unpaired) electrons. The van der Waals surface area contributed by atoms with E-state index in [1.54, 1.807) is 0 Å². The minimum absolute atomic E-state index is 0.0763. The zero-order valence-corrected chi connectivity index (χ0v) is 9.56. The Morgan fingerprint density at radius 1 is 1.24 bits per heavy atom. The highest BCUT2D eigenvalue weighted by Gasteiger charge is 2.49. The lowest BCUT2D eigenvalue weighted by atomic mass is 9.73. The number of benzene rings is 1. The fraction of sp³-hybridized carbons (Fsp3) is 0.429. The molecule has 3 heteroatoms. The predicted octanol–water partition coefficient (Wildman–Crippen LogP) is 2.25. The van der Waals surface area contributed by atoms with Crippen molar-refractivity contribution in [3.05, 3.63) is 29.8 Å². The molecule has 0 saturated carbocycles. The Hall–Kier alpha value is -2.00. The first-order chi connectivity index (χ1) is 8.30. The van der Waals surface area contributed by atoms with Crippen molar-refractivity contribution in [3.63, 3.8) is 0 Å². The van der Waals surface area contributed by atoms with Crippen LogP contribution in [0.2, 0.25) is 0 Å². The van der Waals surface area contributed by atoms with E-state index < -0.39 is 5.41 Å². The average molecular weight is 223 g/mol. The van der Waals surface area contributed by atoms with Crippen LogP contribution in [0.1, 0.15) is 18.4 Å². The van der Waals surface area contributed by atoms with Crippen molar-refractivity contribution in [2.24, 2.45) is 5.41 Å². The lowest BCUT2D eigenvalue weighted by Gasteiger charge is -2.40. The number of hydrogen-bond donors (Lipinski definition) is 0. The molecule has 0 bridgehead atoms. The fourth-order valence-corrected chi connectivity index (χ4v) is 3.18. The number of para-hydroxylation sites is 1. The zero-order chi connectivity index (χ0) is 11.9. The summed E-state index contributed by atoms with van der Waals surface area (Å²) >= 11 is 0. The second-order valence-electron chi connectivity index (χ2n) is 4.85. The van der Waals surface area contributed by atoms with Crippen LogP contribution in [-0.2, 0) is 6.42 Å². The largest absolute Gasteiger partial charge is 0.366 e. The highest BCUT2D eigenvalue weighted by atomic mass is 15.2. The number of nitriles is 2. The van der Waals surface area contributed by atoms with E-state index in [0.717, 1.165) is 24.9 Å². The molecular formula is C14H13N3. The van der Waals surface area contributed by atoms with Gasteiger partial charge in [-0.25, -0.2) is 0 Å². The van der Waals surface area contributed by atoms with Gasteiger partial charge in [0.1, 0.15) is 0 Å². The average Bonchev–Trinajstić information content (AvgIpc) is 2.88. The molecule has 2 heterocycles. The maximum absolute atomic E-state index is 9.42. The van der Waals surface area contributed by atoms with Crippen molar-refractivity contribution in [3.8, 4) is 12.1 Å². The van der Waals surface area contributed by atoms with Crippen LogP contribution >= 0.6 is 0 Å². The highest BCUT2D eigenvalue weighted by molar-refractivity contribution is 5.60. The van der Waals surface area contributed by atoms with Gasteiger partial charge in [-0.05, 0) is 24.5 Å². The maximum atomic E-state index is 9.42. The summed E-state index contributed by atoms with van der Waals surface area (Å²) in [5.41, 5.74) is 1.50. The van der Waals surface area contributed by atoms with Gasteiger partial charge >= 0.3 is 0 Å². The fourth-order valence-electron chi connectivity index (χ4n) is 3.18. The number of hydrogen-bond acceptors (Lipinski definition) is 3. The molecule has 1 atom stereocenters. The Balaban J connectivity index is 2.17. The van der Waals surface area contributed by atoms with Crippen molar-refractivity contribution in [2.45, 2.75) is 25.3 Å². The molecule has 3 nitrogen and oxygen atoms in total. The second kappa shape index (κ2) is 3.50. The summed E-state index contributed by atoms with van der Waals surface area (Å²) in [7, 11) is 0. The summed E-state index contributed by atoms with van der Waals surface area (Å²) in [6, 6.07) is 12.8. The van der Waals surface area contributed by atoms with Gasteiger partial charge < -0.3 is 4.90 Å². The normalized spacial score (nSPS) is 24.4. The van der Waals surface area contributed by atoms with Gasteiger partial charge in [-0.2, -0.15) is 10.5 Å². The zero-order valence-electron chi connectivity index (χ0n) is 9.56. The first-order valence-electron chi connectivity index (χ1n) is 5.98. The van der Waals surface area contributed by atoms with Crippen LogP contribution in [0.15, 0.2) is 24.3 Å². The summed E-state index contributed by atoms with van der Waals surface area (Å²) in [6.07, 6.45) is 2.59. The quantitative estimate of drug-likeness (QED) is 0.677. The van der Waals surface area contributed by atoms with Crippen LogP contribution in [0.3, 0.4) is 0 Å². The summed E-state index contributed by atoms with van der Waals surface area (Å²) in [5.74, 6) is 0. The Bertz CT molecular complexity index is 521. The molecule has 0 amide bonds. The van der Waals surface area contributed by atoms with Crippen molar-refractivity contribution in [1.29, 1.82) is 10.5 Å². The summed E-state index contributed by atoms with van der Waals surface area (Å²) in [4.78, 5) is 2.26. The third kappa shape index (κ3) is 1.26. The standard InChI is InChI=1S/C14H13N3/c15-9-14(10-16)8-11-4-1-2-5-12(11)17-7-3-6-13(14)17/h1-2,4-5,13H,3,6-8H2. The van der Waals surface area contributed by atoms with E-state index in [9.17, 15) is 10.5 Å². The molecule has 17 heavy (non-hydrogen) atoms. The molecule has 0 spiro atoms. The Morgan fingerprint density at radius 3 is 2.76 bits per heavy atom. The summed E-state index contributed by atoms with van der Waals surface area (Å²) < 4.78 is 0. The minimum atomic E-state index is -0.856. The van der Waals surface area contributed by atoms with E-state index in [0.29, 0.717) is 6.42 Å². The minimum Gasteiger partial charge on any atom is -0.366 e. The molecule has 0 aromatic heterocycles. The summed E-state index contributed by atoms with van der Waals surface area (Å²) in [6.45, 7) is 0.965. The number of fused-ring (bicyclic) bond motifs is 3. The number of anilines is 1. The lowest BCUT2D eigenvalue weighted by molar-refractivity contribution is 0.387. The van der Waals surface area contributed by atoms with E-state index in [4.69, 9.17) is 0 Å². The van der Waals surface area contributed by atoms with Crippen molar-refractivity contribution in [1.82, 2.24) is 0 Å². The Labute approximate surface area is 101 Å². The van der Waals surface area contributed by atoms with Gasteiger partial charge in [0.05, 0.1) is 18.2 Å². The molecule has 1 fully saturated rings. The number of rotatable bonds is 0. The maximum Gasteiger partial charge on any atom is 0.167 e. The molecule has 2 aliphatic heterocycles. The van der Waals surface area contributed by atoms with E-state index in [2.05, 4.69) is 23.1 Å². The van der Waals surface area contributed by atoms with Gasteiger partial charge in [-0.3, -0.25) is 0 Å². The molecule has 2 aliphatic rings. The Morgan fingerprint density at radius 2 is 2.00 bits per heavy atom. The predicted molar refractivity (Wildman–Crippen MR) is 64.2 cm³/mol. The third-order valence-corrected chi connectivity index (χ3v) is 3.99. The molecular weight excluding hydrogens is 210 g/mol. The van der Waals surface area contributed by atoms with Crippen molar-refractivity contribution < 1.29 is 0 Å². The van der Waals surface area contributed by atoms with Gasteiger partial charge in [0.25, 0.3) is 0 Å². The van der Waals surface area contributed by atoms with Crippen LogP contribution in [-0.4, -0.2) is 12.6 Å². The topological polar surface area (TPSA) is 50.8 Å². The lowest BCUT2D eigenvalue weighted by Crippen LogP contribution is -2.48. The molecule has 1 unspecified atom stereocenters. The Kier molecular flexibility index (Phi) is 2.09. The van der Waals surface area contributed by atoms with Crippen LogP contribution in [0, 0.1) is 28.1 Å². The smallest absolute Gasteiger partial charge is 0.167 e. The van der Waals surface area contributed by atoms with Gasteiger partial charge in [0.15, 0.2) is 5.41 Å². The van der Waals surface area contributed by atoms with E-state index >= 15 is 0 Å². The van der Waals surface area contributed by atoms with E-state index in [1.165, 1.54) is 5.69 Å². The van der Waals surface area contributed by atoms with E-state index in [1.807, 2.05) is 18.2 Å². The van der Waals surface area contributed by atoms with Crippen LogP contribution < -0.4 is 4.90 Å². The van der Waals surface area contributed by atoms with Gasteiger partial charge in [-0.15, -0.1) is 0 Å². The van der Waals surface area contributed by atoms with Gasteiger partial charge in [0.2, 0.25) is 0 Å². The van der Waals surface area contributed by atoms with Crippen LogP contribution in [0.25, 0.3) is 0 Å².